The Bertz CT molecular complexity index is 470. The van der Waals surface area contributed by atoms with Gasteiger partial charge < -0.3 is 21.6 Å². The molecule has 23 heavy (non-hydrogen) atoms. The number of hydrogen-bond acceptors (Lipinski definition) is 2. The molecule has 0 aliphatic rings. The monoisotopic (exact) mass is 339 g/mol. The molecule has 0 atom stereocenters. The summed E-state index contributed by atoms with van der Waals surface area (Å²) in [5.41, 5.74) is 1.86. The second-order valence-corrected chi connectivity index (χ2v) is 5.96. The quantitative estimate of drug-likeness (QED) is 0.274. The van der Waals surface area contributed by atoms with Crippen molar-refractivity contribution < 1.29 is 26.4 Å². The van der Waals surface area contributed by atoms with Crippen molar-refractivity contribution in [3.05, 3.63) is 48.0 Å². The van der Waals surface area contributed by atoms with Crippen LogP contribution in [0.25, 0.3) is 0 Å². The van der Waals surface area contributed by atoms with E-state index < -0.39 is 0 Å². The average molecular weight is 340 g/mol. The lowest BCUT2D eigenvalue weighted by Gasteiger charge is -2.37. The van der Waals surface area contributed by atoms with Crippen molar-refractivity contribution in [2.45, 2.75) is 40.2 Å². The molecular weight excluding hydrogens is 310 g/mol. The van der Waals surface area contributed by atoms with Crippen LogP contribution in [-0.4, -0.2) is 36.7 Å². The van der Waals surface area contributed by atoms with E-state index in [0.29, 0.717) is 12.2 Å². The number of esters is 1. The van der Waals surface area contributed by atoms with Crippen molar-refractivity contribution in [1.82, 2.24) is 0 Å². The highest BCUT2D eigenvalue weighted by Crippen LogP contribution is 2.16. The molecule has 1 aromatic rings. The predicted molar refractivity (Wildman–Crippen MR) is 91.4 cm³/mol. The first-order chi connectivity index (χ1) is 10.5. The lowest BCUT2D eigenvalue weighted by atomic mass is 10.1. The van der Waals surface area contributed by atoms with Crippen molar-refractivity contribution >= 4 is 5.97 Å². The van der Waals surface area contributed by atoms with Crippen molar-refractivity contribution in [2.75, 3.05) is 26.2 Å². The van der Waals surface area contributed by atoms with Crippen LogP contribution < -0.4 is 12.4 Å². The van der Waals surface area contributed by atoms with Gasteiger partial charge in [-0.2, -0.15) is 0 Å². The minimum Gasteiger partial charge on any atom is -1.00 e. The van der Waals surface area contributed by atoms with E-state index in [1.807, 2.05) is 0 Å². The fourth-order valence-corrected chi connectivity index (χ4v) is 2.65. The van der Waals surface area contributed by atoms with Gasteiger partial charge in [0.15, 0.2) is 0 Å². The molecule has 0 amide bonds. The fourth-order valence-electron chi connectivity index (χ4n) is 2.65. The Morgan fingerprint density at radius 1 is 1.13 bits per heavy atom. The first-order valence-corrected chi connectivity index (χ1v) is 8.24. The molecular formula is C19H30ClNO2. The molecule has 0 bridgehead atoms. The van der Waals surface area contributed by atoms with Crippen LogP contribution in [0.4, 0.5) is 0 Å². The first kappa shape index (κ1) is 21.7. The van der Waals surface area contributed by atoms with Crippen molar-refractivity contribution in [3.63, 3.8) is 0 Å². The Balaban J connectivity index is 0.00000484. The fraction of sp³-hybridized carbons (Fsp3) is 0.526. The number of rotatable bonds is 10. The summed E-state index contributed by atoms with van der Waals surface area (Å²) in [4.78, 5) is 11.3. The van der Waals surface area contributed by atoms with Crippen LogP contribution in [0.2, 0.25) is 0 Å². The van der Waals surface area contributed by atoms with Gasteiger partial charge in [-0.25, -0.2) is 4.79 Å². The number of halogens is 1. The molecule has 0 saturated heterocycles. The Hall–Kier alpha value is -1.32. The molecule has 3 nitrogen and oxygen atoms in total. The maximum Gasteiger partial charge on any atom is 0.333 e. The van der Waals surface area contributed by atoms with Crippen LogP contribution in [0.15, 0.2) is 42.5 Å². The standard InChI is InChI=1S/C19H30NO2.ClH/c1-5-20(6-2,16-18-12-8-7-9-13-18)14-10-11-15-22-19(21)17(3)4;/h7-9,12-13H,3,5-6,10-11,14-16H2,1-2,4H3;1H/q+1;/p-1. The third kappa shape index (κ3) is 7.67. The minimum absolute atomic E-state index is 0. The average Bonchev–Trinajstić information content (AvgIpc) is 2.54. The van der Waals surface area contributed by atoms with Crippen LogP contribution in [0.3, 0.4) is 0 Å². The van der Waals surface area contributed by atoms with E-state index in [0.717, 1.165) is 43.5 Å². The van der Waals surface area contributed by atoms with Gasteiger partial charge >= 0.3 is 5.97 Å². The van der Waals surface area contributed by atoms with Crippen molar-refractivity contribution in [2.24, 2.45) is 0 Å². The highest BCUT2D eigenvalue weighted by molar-refractivity contribution is 5.86. The topological polar surface area (TPSA) is 26.3 Å². The van der Waals surface area contributed by atoms with Crippen LogP contribution in [0, 0.1) is 0 Å². The summed E-state index contributed by atoms with van der Waals surface area (Å²) in [6, 6.07) is 10.7. The summed E-state index contributed by atoms with van der Waals surface area (Å²) in [7, 11) is 0. The summed E-state index contributed by atoms with van der Waals surface area (Å²) in [6.07, 6.45) is 1.98. The van der Waals surface area contributed by atoms with Gasteiger partial charge in [0, 0.05) is 11.1 Å². The van der Waals surface area contributed by atoms with Gasteiger partial charge in [-0.1, -0.05) is 36.9 Å². The zero-order valence-corrected chi connectivity index (χ0v) is 15.4. The van der Waals surface area contributed by atoms with E-state index in [4.69, 9.17) is 4.74 Å². The predicted octanol–water partition coefficient (Wildman–Crippen LogP) is 0.947. The lowest BCUT2D eigenvalue weighted by molar-refractivity contribution is -0.938. The number of ether oxygens (including phenoxy) is 1. The molecule has 0 fully saturated rings. The Morgan fingerprint density at radius 3 is 2.26 bits per heavy atom. The zero-order chi connectivity index (χ0) is 16.4. The summed E-state index contributed by atoms with van der Waals surface area (Å²) in [5, 5.41) is 0. The van der Waals surface area contributed by atoms with Gasteiger partial charge in [-0.15, -0.1) is 0 Å². The molecule has 4 heteroatoms. The third-order valence-corrected chi connectivity index (χ3v) is 4.31. The molecule has 0 unspecified atom stereocenters. The molecule has 130 valence electrons. The van der Waals surface area contributed by atoms with Crippen molar-refractivity contribution in [3.8, 4) is 0 Å². The smallest absolute Gasteiger partial charge is 0.333 e. The van der Waals surface area contributed by atoms with E-state index in [2.05, 4.69) is 50.8 Å². The Kier molecular flexibility index (Phi) is 10.6. The molecule has 1 aromatic carbocycles. The zero-order valence-electron chi connectivity index (χ0n) is 14.7. The van der Waals surface area contributed by atoms with E-state index >= 15 is 0 Å². The number of carbonyl (C=O) groups excluding carboxylic acids is 1. The summed E-state index contributed by atoms with van der Waals surface area (Å²) in [5.74, 6) is -0.281. The summed E-state index contributed by atoms with van der Waals surface area (Å²) in [6.45, 7) is 14.7. The SMILES string of the molecule is C=C(C)C(=O)OCCCC[N+](CC)(CC)Cc1ccccc1.[Cl-]. The molecule has 0 N–H and O–H groups in total. The number of unbranched alkanes of at least 4 members (excludes halogenated alkanes) is 1. The van der Waals surface area contributed by atoms with Gasteiger partial charge in [0.25, 0.3) is 0 Å². The van der Waals surface area contributed by atoms with E-state index in [9.17, 15) is 4.79 Å². The Labute approximate surface area is 147 Å². The molecule has 0 heterocycles. The van der Waals surface area contributed by atoms with E-state index in [1.54, 1.807) is 6.92 Å². The number of hydrogen-bond donors (Lipinski definition) is 0. The number of quaternary nitrogens is 1. The normalized spacial score (nSPS) is 10.7. The molecule has 0 spiro atoms. The van der Waals surface area contributed by atoms with Gasteiger partial charge in [-0.3, -0.25) is 0 Å². The maximum atomic E-state index is 11.3. The lowest BCUT2D eigenvalue weighted by Crippen LogP contribution is -3.00. The van der Waals surface area contributed by atoms with Crippen LogP contribution in [0.1, 0.15) is 39.2 Å². The number of nitrogens with zero attached hydrogens (tertiary/aromatic N) is 1. The van der Waals surface area contributed by atoms with Gasteiger partial charge in [0.2, 0.25) is 0 Å². The van der Waals surface area contributed by atoms with Gasteiger partial charge in [0.1, 0.15) is 6.54 Å². The second kappa shape index (κ2) is 11.3. The van der Waals surface area contributed by atoms with Crippen LogP contribution in [0.5, 0.6) is 0 Å². The number of benzene rings is 1. The van der Waals surface area contributed by atoms with E-state index in [-0.39, 0.29) is 18.4 Å². The summed E-state index contributed by atoms with van der Waals surface area (Å²) >= 11 is 0. The molecule has 0 aliphatic carbocycles. The Morgan fingerprint density at radius 2 is 1.74 bits per heavy atom. The molecule has 0 saturated carbocycles. The summed E-state index contributed by atoms with van der Waals surface area (Å²) < 4.78 is 6.24. The molecule has 0 aromatic heterocycles. The highest BCUT2D eigenvalue weighted by Gasteiger charge is 2.23. The third-order valence-electron chi connectivity index (χ3n) is 4.31. The van der Waals surface area contributed by atoms with Crippen LogP contribution >= 0.6 is 0 Å². The van der Waals surface area contributed by atoms with Crippen LogP contribution in [-0.2, 0) is 16.1 Å². The molecule has 0 aliphatic heterocycles. The van der Waals surface area contributed by atoms with E-state index in [1.165, 1.54) is 5.56 Å². The first-order valence-electron chi connectivity index (χ1n) is 8.24. The highest BCUT2D eigenvalue weighted by atomic mass is 35.5. The maximum absolute atomic E-state index is 11.3. The second-order valence-electron chi connectivity index (χ2n) is 5.96. The molecule has 1 rings (SSSR count). The van der Waals surface area contributed by atoms with Crippen molar-refractivity contribution in [1.29, 1.82) is 0 Å². The van der Waals surface area contributed by atoms with Gasteiger partial charge in [-0.05, 0) is 33.6 Å². The number of carbonyl (C=O) groups is 1. The molecule has 0 radical (unpaired) electrons. The largest absolute Gasteiger partial charge is 1.00 e. The van der Waals surface area contributed by atoms with Gasteiger partial charge in [0.05, 0.1) is 26.2 Å². The minimum atomic E-state index is -0.281.